The number of fused-ring (bicyclic) bond motifs is 4. The maximum absolute atomic E-state index is 13.3. The molecule has 2 amide bonds. The average molecular weight is 431 g/mol. The van der Waals surface area contributed by atoms with Crippen LogP contribution in [0.4, 0.5) is 5.00 Å². The molecule has 6 rings (SSSR count). The molecule has 1 aromatic heterocycles. The second-order valence-corrected chi connectivity index (χ2v) is 10.7. The molecule has 0 radical (unpaired) electrons. The first-order valence-corrected chi connectivity index (χ1v) is 12.3. The van der Waals surface area contributed by atoms with E-state index in [4.69, 9.17) is 0 Å². The van der Waals surface area contributed by atoms with Gasteiger partial charge in [0.25, 0.3) is 5.91 Å². The van der Waals surface area contributed by atoms with E-state index < -0.39 is 17.8 Å². The van der Waals surface area contributed by atoms with Crippen molar-refractivity contribution in [2.24, 2.45) is 23.7 Å². The number of rotatable bonds is 5. The van der Waals surface area contributed by atoms with Crippen molar-refractivity contribution < 1.29 is 19.5 Å². The first-order chi connectivity index (χ1) is 14.5. The van der Waals surface area contributed by atoms with Gasteiger partial charge in [0.1, 0.15) is 5.00 Å². The number of aryl methyl sites for hydroxylation is 1. The van der Waals surface area contributed by atoms with Crippen LogP contribution in [0.15, 0.2) is 0 Å². The quantitative estimate of drug-likeness (QED) is 0.658. The molecule has 0 aromatic carbocycles. The normalized spacial score (nSPS) is 30.3. The number of carboxylic acid groups (broad SMARTS) is 1. The van der Waals surface area contributed by atoms with Crippen LogP contribution in [0.3, 0.4) is 0 Å². The van der Waals surface area contributed by atoms with Crippen molar-refractivity contribution in [2.75, 3.05) is 5.32 Å². The van der Waals surface area contributed by atoms with Crippen molar-refractivity contribution in [2.45, 2.75) is 76.7 Å². The standard InChI is InChI=1S/C23H30N2O4S/c26-20(17-12-8-10-13(11-9-12)18(17)23(28)29)25-22-19(15-6-3-7-16(15)30-22)21(27)24-14-4-1-2-5-14/h12-14,17-18H,1-11H2,(H,24,27)(H,25,26)(H,28,29)/t12?,13?,17-,18+/m0/s1. The summed E-state index contributed by atoms with van der Waals surface area (Å²) in [6, 6.07) is 0.225. The molecular weight excluding hydrogens is 400 g/mol. The first-order valence-electron chi connectivity index (χ1n) is 11.5. The Hall–Kier alpha value is -1.89. The Kier molecular flexibility index (Phi) is 5.33. The summed E-state index contributed by atoms with van der Waals surface area (Å²) in [5.74, 6) is -1.97. The molecule has 7 heteroatoms. The zero-order valence-electron chi connectivity index (χ0n) is 17.2. The van der Waals surface area contributed by atoms with Crippen LogP contribution in [0.2, 0.25) is 0 Å². The van der Waals surface area contributed by atoms with Gasteiger partial charge in [-0.2, -0.15) is 0 Å². The van der Waals surface area contributed by atoms with E-state index >= 15 is 0 Å². The fourth-order valence-electron chi connectivity index (χ4n) is 6.44. The van der Waals surface area contributed by atoms with Gasteiger partial charge >= 0.3 is 5.97 Å². The van der Waals surface area contributed by atoms with Crippen LogP contribution < -0.4 is 10.6 Å². The fourth-order valence-corrected chi connectivity index (χ4v) is 7.73. The predicted octanol–water partition coefficient (Wildman–Crippen LogP) is 3.98. The van der Waals surface area contributed by atoms with E-state index in [0.717, 1.165) is 76.2 Å². The van der Waals surface area contributed by atoms with Crippen LogP contribution in [0.1, 0.15) is 78.6 Å². The lowest BCUT2D eigenvalue weighted by molar-refractivity contribution is -0.156. The molecule has 2 bridgehead atoms. The number of thiophene rings is 1. The highest BCUT2D eigenvalue weighted by molar-refractivity contribution is 7.17. The lowest BCUT2D eigenvalue weighted by Gasteiger charge is -2.45. The van der Waals surface area contributed by atoms with Crippen LogP contribution in [0.25, 0.3) is 0 Å². The lowest BCUT2D eigenvalue weighted by atomic mass is 9.58. The van der Waals surface area contributed by atoms with Crippen LogP contribution in [0.5, 0.6) is 0 Å². The van der Waals surface area contributed by atoms with E-state index in [2.05, 4.69) is 10.6 Å². The third-order valence-corrected chi connectivity index (χ3v) is 9.09. The molecule has 4 saturated carbocycles. The number of carbonyl (C=O) groups excluding carboxylic acids is 2. The molecule has 5 aliphatic carbocycles. The van der Waals surface area contributed by atoms with Gasteiger partial charge in [-0.05, 0) is 75.2 Å². The van der Waals surface area contributed by atoms with Crippen molar-refractivity contribution in [1.82, 2.24) is 5.32 Å². The average Bonchev–Trinajstić information content (AvgIpc) is 3.45. The number of carboxylic acids is 1. The number of nitrogens with one attached hydrogen (secondary N) is 2. The van der Waals surface area contributed by atoms with Gasteiger partial charge in [-0.15, -0.1) is 11.3 Å². The third-order valence-electron chi connectivity index (χ3n) is 7.88. The highest BCUT2D eigenvalue weighted by atomic mass is 32.1. The minimum absolute atomic E-state index is 0.0726. The number of carbonyl (C=O) groups is 3. The van der Waals surface area contributed by atoms with Gasteiger partial charge < -0.3 is 15.7 Å². The predicted molar refractivity (Wildman–Crippen MR) is 115 cm³/mol. The van der Waals surface area contributed by atoms with E-state index in [1.54, 1.807) is 0 Å². The zero-order valence-corrected chi connectivity index (χ0v) is 18.1. The molecule has 1 aromatic rings. The highest BCUT2D eigenvalue weighted by Crippen LogP contribution is 2.50. The fraction of sp³-hybridized carbons (Fsp3) is 0.696. The van der Waals surface area contributed by atoms with Crippen molar-refractivity contribution >= 4 is 34.1 Å². The Morgan fingerprint density at radius 1 is 0.867 bits per heavy atom. The van der Waals surface area contributed by atoms with Crippen molar-refractivity contribution in [3.05, 3.63) is 16.0 Å². The topological polar surface area (TPSA) is 95.5 Å². The molecule has 4 fully saturated rings. The lowest BCUT2D eigenvalue weighted by Crippen LogP contribution is -2.49. The second-order valence-electron chi connectivity index (χ2n) is 9.57. The Labute approximate surface area is 180 Å². The SMILES string of the molecule is O=C(NC1CCCC1)c1c(NC(=O)[C@H]2C3CCC(CC3)[C@H]2C(=O)O)sc2c1CCC2. The summed E-state index contributed by atoms with van der Waals surface area (Å²) >= 11 is 1.52. The molecule has 162 valence electrons. The molecule has 2 atom stereocenters. The van der Waals surface area contributed by atoms with Gasteiger partial charge in [-0.25, -0.2) is 0 Å². The largest absolute Gasteiger partial charge is 0.481 e. The molecule has 0 spiro atoms. The second kappa shape index (κ2) is 7.98. The number of anilines is 1. The van der Waals surface area contributed by atoms with Gasteiger partial charge in [0.15, 0.2) is 0 Å². The van der Waals surface area contributed by atoms with Crippen molar-refractivity contribution in [1.29, 1.82) is 0 Å². The molecule has 0 saturated heterocycles. The number of hydrogen-bond donors (Lipinski definition) is 3. The Morgan fingerprint density at radius 2 is 1.53 bits per heavy atom. The Balaban J connectivity index is 1.40. The summed E-state index contributed by atoms with van der Waals surface area (Å²) < 4.78 is 0. The Morgan fingerprint density at radius 3 is 2.20 bits per heavy atom. The third kappa shape index (κ3) is 3.45. The summed E-state index contributed by atoms with van der Waals surface area (Å²) in [6.07, 6.45) is 10.9. The van der Waals surface area contributed by atoms with E-state index in [9.17, 15) is 19.5 Å². The van der Waals surface area contributed by atoms with E-state index in [1.807, 2.05) is 0 Å². The van der Waals surface area contributed by atoms with Gasteiger partial charge in [-0.1, -0.05) is 12.8 Å². The summed E-state index contributed by atoms with van der Waals surface area (Å²) in [7, 11) is 0. The van der Waals surface area contributed by atoms with Crippen LogP contribution in [-0.2, 0) is 22.4 Å². The van der Waals surface area contributed by atoms with Crippen LogP contribution in [-0.4, -0.2) is 28.9 Å². The summed E-state index contributed by atoms with van der Waals surface area (Å²) in [4.78, 5) is 39.6. The summed E-state index contributed by atoms with van der Waals surface area (Å²) in [5.41, 5.74) is 1.73. The molecule has 0 aliphatic heterocycles. The minimum atomic E-state index is -0.850. The maximum atomic E-state index is 13.3. The van der Waals surface area contributed by atoms with Crippen molar-refractivity contribution in [3.8, 4) is 0 Å². The van der Waals surface area contributed by atoms with Gasteiger partial charge in [0.05, 0.1) is 17.4 Å². The maximum Gasteiger partial charge on any atom is 0.307 e. The van der Waals surface area contributed by atoms with E-state index in [0.29, 0.717) is 10.6 Å². The van der Waals surface area contributed by atoms with Crippen LogP contribution >= 0.6 is 11.3 Å². The highest BCUT2D eigenvalue weighted by Gasteiger charge is 2.50. The monoisotopic (exact) mass is 430 g/mol. The van der Waals surface area contributed by atoms with Crippen molar-refractivity contribution in [3.63, 3.8) is 0 Å². The molecule has 30 heavy (non-hydrogen) atoms. The Bertz CT molecular complexity index is 865. The molecule has 1 heterocycles. The minimum Gasteiger partial charge on any atom is -0.481 e. The van der Waals surface area contributed by atoms with Gasteiger partial charge in [0, 0.05) is 10.9 Å². The summed E-state index contributed by atoms with van der Waals surface area (Å²) in [6.45, 7) is 0. The smallest absolute Gasteiger partial charge is 0.307 e. The molecule has 6 nitrogen and oxygen atoms in total. The first kappa shape index (κ1) is 20.0. The molecule has 5 aliphatic rings. The molecule has 3 N–H and O–H groups in total. The van der Waals surface area contributed by atoms with Gasteiger partial charge in [-0.3, -0.25) is 14.4 Å². The number of amides is 2. The number of aliphatic carboxylic acids is 1. The van der Waals surface area contributed by atoms with E-state index in [1.165, 1.54) is 16.2 Å². The molecule has 0 unspecified atom stereocenters. The van der Waals surface area contributed by atoms with Crippen LogP contribution in [0, 0.1) is 23.7 Å². The van der Waals surface area contributed by atoms with E-state index in [-0.39, 0.29) is 29.7 Å². The summed E-state index contributed by atoms with van der Waals surface area (Å²) in [5, 5.41) is 16.7. The zero-order chi connectivity index (χ0) is 20.8. The van der Waals surface area contributed by atoms with Gasteiger partial charge in [0.2, 0.25) is 5.91 Å². The number of hydrogen-bond acceptors (Lipinski definition) is 4. The molecular formula is C23H30N2O4S.